The maximum atomic E-state index is 12.3. The topological polar surface area (TPSA) is 94.3 Å². The van der Waals surface area contributed by atoms with E-state index in [0.717, 1.165) is 49.3 Å². The van der Waals surface area contributed by atoms with E-state index in [4.69, 9.17) is 4.74 Å². The van der Waals surface area contributed by atoms with Crippen molar-refractivity contribution in [3.05, 3.63) is 58.3 Å². The van der Waals surface area contributed by atoms with Crippen molar-refractivity contribution in [2.75, 3.05) is 32.1 Å². The van der Waals surface area contributed by atoms with E-state index in [2.05, 4.69) is 20.3 Å². The van der Waals surface area contributed by atoms with E-state index in [0.29, 0.717) is 23.8 Å². The first-order chi connectivity index (χ1) is 14.6. The summed E-state index contributed by atoms with van der Waals surface area (Å²) in [5.74, 6) is 1.26. The van der Waals surface area contributed by atoms with Crippen LogP contribution in [0.1, 0.15) is 16.1 Å². The molecule has 156 valence electrons. The van der Waals surface area contributed by atoms with Crippen LogP contribution in [0.5, 0.6) is 0 Å². The number of pyridine rings is 2. The fraction of sp³-hybridized carbons (Fsp3) is 0.333. The molecular weight excluding hydrogens is 384 g/mol. The Morgan fingerprint density at radius 2 is 2.10 bits per heavy atom. The van der Waals surface area contributed by atoms with Gasteiger partial charge in [0.1, 0.15) is 5.82 Å². The number of anilines is 2. The van der Waals surface area contributed by atoms with Crippen molar-refractivity contribution in [1.29, 1.82) is 0 Å². The second-order valence-corrected chi connectivity index (χ2v) is 7.26. The lowest BCUT2D eigenvalue weighted by molar-refractivity contribution is 0.112. The third-order valence-corrected chi connectivity index (χ3v) is 5.26. The molecule has 3 aromatic rings. The molecule has 0 spiro atoms. The van der Waals surface area contributed by atoms with Crippen molar-refractivity contribution in [3.63, 3.8) is 0 Å². The van der Waals surface area contributed by atoms with Gasteiger partial charge in [-0.1, -0.05) is 0 Å². The number of hydrogen-bond donors (Lipinski definition) is 1. The van der Waals surface area contributed by atoms with Gasteiger partial charge in [-0.3, -0.25) is 28.7 Å². The van der Waals surface area contributed by atoms with Crippen LogP contribution in [0.4, 0.5) is 11.6 Å². The predicted octanol–water partition coefficient (Wildman–Crippen LogP) is 1.66. The number of ether oxygens (including phenoxy) is 1. The van der Waals surface area contributed by atoms with E-state index in [1.807, 2.05) is 10.7 Å². The van der Waals surface area contributed by atoms with Crippen molar-refractivity contribution < 1.29 is 9.53 Å². The first kappa shape index (κ1) is 20.0. The Labute approximate surface area is 173 Å². The van der Waals surface area contributed by atoms with Crippen molar-refractivity contribution in [3.8, 4) is 11.1 Å². The second-order valence-electron chi connectivity index (χ2n) is 7.26. The lowest BCUT2D eigenvalue weighted by atomic mass is 10.1. The van der Waals surface area contributed by atoms with Gasteiger partial charge in [-0.05, 0) is 12.1 Å². The fourth-order valence-electron chi connectivity index (χ4n) is 3.60. The minimum Gasteiger partial charge on any atom is -0.383 e. The molecule has 4 rings (SSSR count). The second kappa shape index (κ2) is 8.60. The van der Waals surface area contributed by atoms with E-state index >= 15 is 0 Å². The van der Waals surface area contributed by atoms with Crippen molar-refractivity contribution in [1.82, 2.24) is 24.2 Å². The maximum Gasteiger partial charge on any atom is 0.251 e. The number of aldehydes is 1. The SMILES string of the molecule is COCCN1CCn2nc(Nc3c(-c4cncc(C=O)c4)ccc(=O)n3C)cc2C1. The number of hydrogen-bond acceptors (Lipinski definition) is 7. The monoisotopic (exact) mass is 408 g/mol. The minimum absolute atomic E-state index is 0.143. The molecule has 0 radical (unpaired) electrons. The van der Waals surface area contributed by atoms with Gasteiger partial charge in [-0.2, -0.15) is 5.10 Å². The van der Waals surface area contributed by atoms with Crippen LogP contribution in [-0.4, -0.2) is 57.3 Å². The fourth-order valence-corrected chi connectivity index (χ4v) is 3.60. The third kappa shape index (κ3) is 4.03. The molecule has 9 heteroatoms. The highest BCUT2D eigenvalue weighted by Crippen LogP contribution is 2.29. The van der Waals surface area contributed by atoms with Gasteiger partial charge in [0.2, 0.25) is 0 Å². The molecule has 9 nitrogen and oxygen atoms in total. The van der Waals surface area contributed by atoms with Gasteiger partial charge < -0.3 is 10.1 Å². The highest BCUT2D eigenvalue weighted by molar-refractivity contribution is 5.82. The number of rotatable bonds is 7. The quantitative estimate of drug-likeness (QED) is 0.594. The van der Waals surface area contributed by atoms with Crippen LogP contribution >= 0.6 is 0 Å². The van der Waals surface area contributed by atoms with Gasteiger partial charge in [-0.25, -0.2) is 0 Å². The summed E-state index contributed by atoms with van der Waals surface area (Å²) >= 11 is 0. The standard InChI is InChI=1S/C21H24N6O3/c1-25-20(29)4-3-18(16-9-15(14-28)11-22-12-16)21(25)23-19-10-17-13-26(7-8-30-2)5-6-27(17)24-19/h3-4,9-12,14H,5-8,13H2,1-2H3,(H,23,24). The Balaban J connectivity index is 1.66. The van der Waals surface area contributed by atoms with Crippen LogP contribution in [0.25, 0.3) is 11.1 Å². The number of methoxy groups -OCH3 is 1. The van der Waals surface area contributed by atoms with Gasteiger partial charge in [-0.15, -0.1) is 0 Å². The Bertz CT molecular complexity index is 1120. The minimum atomic E-state index is -0.143. The zero-order valence-corrected chi connectivity index (χ0v) is 17.0. The molecule has 1 aliphatic heterocycles. The number of fused-ring (bicyclic) bond motifs is 1. The Morgan fingerprint density at radius 1 is 1.23 bits per heavy atom. The first-order valence-electron chi connectivity index (χ1n) is 9.74. The van der Waals surface area contributed by atoms with E-state index in [1.54, 1.807) is 32.5 Å². The summed E-state index contributed by atoms with van der Waals surface area (Å²) in [6.07, 6.45) is 3.93. The highest BCUT2D eigenvalue weighted by atomic mass is 16.5. The number of carbonyl (C=O) groups excluding carboxylic acids is 1. The van der Waals surface area contributed by atoms with Crippen molar-refractivity contribution in [2.45, 2.75) is 13.1 Å². The molecule has 4 heterocycles. The molecule has 0 bridgehead atoms. The molecule has 0 fully saturated rings. The number of carbonyl (C=O) groups is 1. The van der Waals surface area contributed by atoms with Crippen LogP contribution in [0.15, 0.2) is 41.5 Å². The summed E-state index contributed by atoms with van der Waals surface area (Å²) in [5, 5.41) is 7.97. The molecular formula is C21H24N6O3. The Kier molecular flexibility index (Phi) is 5.73. The molecule has 0 aromatic carbocycles. The van der Waals surface area contributed by atoms with Crippen LogP contribution in [0.3, 0.4) is 0 Å². The summed E-state index contributed by atoms with van der Waals surface area (Å²) < 4.78 is 8.70. The Morgan fingerprint density at radius 3 is 2.90 bits per heavy atom. The Hall–Kier alpha value is -3.30. The summed E-state index contributed by atoms with van der Waals surface area (Å²) in [5.41, 5.74) is 2.94. The molecule has 0 saturated heterocycles. The van der Waals surface area contributed by atoms with Crippen LogP contribution < -0.4 is 10.9 Å². The summed E-state index contributed by atoms with van der Waals surface area (Å²) in [7, 11) is 3.41. The molecule has 0 aliphatic carbocycles. The van der Waals surface area contributed by atoms with Crippen LogP contribution in [0.2, 0.25) is 0 Å². The summed E-state index contributed by atoms with van der Waals surface area (Å²) in [4.78, 5) is 29.9. The summed E-state index contributed by atoms with van der Waals surface area (Å²) in [6, 6.07) is 6.98. The van der Waals surface area contributed by atoms with Gasteiger partial charge in [0.05, 0.1) is 18.8 Å². The van der Waals surface area contributed by atoms with E-state index < -0.39 is 0 Å². The molecule has 0 atom stereocenters. The van der Waals surface area contributed by atoms with Gasteiger partial charge >= 0.3 is 0 Å². The molecule has 0 amide bonds. The zero-order valence-electron chi connectivity index (χ0n) is 17.0. The smallest absolute Gasteiger partial charge is 0.251 e. The average molecular weight is 408 g/mol. The van der Waals surface area contributed by atoms with E-state index in [-0.39, 0.29) is 5.56 Å². The molecule has 30 heavy (non-hydrogen) atoms. The zero-order chi connectivity index (χ0) is 21.1. The van der Waals surface area contributed by atoms with Crippen LogP contribution in [0, 0.1) is 0 Å². The largest absolute Gasteiger partial charge is 0.383 e. The normalized spacial score (nSPS) is 13.8. The highest BCUT2D eigenvalue weighted by Gasteiger charge is 2.19. The molecule has 1 aliphatic rings. The van der Waals surface area contributed by atoms with E-state index in [9.17, 15) is 9.59 Å². The van der Waals surface area contributed by atoms with Gasteiger partial charge in [0, 0.05) is 75.0 Å². The lowest BCUT2D eigenvalue weighted by Gasteiger charge is -2.26. The van der Waals surface area contributed by atoms with Crippen LogP contribution in [-0.2, 0) is 24.9 Å². The third-order valence-electron chi connectivity index (χ3n) is 5.26. The molecule has 0 unspecified atom stereocenters. The van der Waals surface area contributed by atoms with Crippen molar-refractivity contribution in [2.24, 2.45) is 7.05 Å². The first-order valence-corrected chi connectivity index (χ1v) is 9.74. The summed E-state index contributed by atoms with van der Waals surface area (Å²) in [6.45, 7) is 4.08. The maximum absolute atomic E-state index is 12.3. The molecule has 0 saturated carbocycles. The van der Waals surface area contributed by atoms with Gasteiger partial charge in [0.25, 0.3) is 5.56 Å². The van der Waals surface area contributed by atoms with E-state index in [1.165, 1.54) is 16.8 Å². The lowest BCUT2D eigenvalue weighted by Crippen LogP contribution is -2.35. The molecule has 3 aromatic heterocycles. The number of nitrogens with zero attached hydrogens (tertiary/aromatic N) is 5. The molecule has 1 N–H and O–H groups in total. The van der Waals surface area contributed by atoms with Gasteiger partial charge in [0.15, 0.2) is 12.1 Å². The predicted molar refractivity (Wildman–Crippen MR) is 113 cm³/mol. The number of nitrogens with one attached hydrogen (secondary N) is 1. The average Bonchev–Trinajstić information content (AvgIpc) is 3.17. The van der Waals surface area contributed by atoms with Crippen molar-refractivity contribution >= 4 is 17.9 Å². The number of aromatic nitrogens is 4.